The van der Waals surface area contributed by atoms with Crippen LogP contribution in [0.15, 0.2) is 78.2 Å². The van der Waals surface area contributed by atoms with E-state index in [4.69, 9.17) is 0 Å². The summed E-state index contributed by atoms with van der Waals surface area (Å²) in [6.07, 6.45) is 6.52. The van der Waals surface area contributed by atoms with Gasteiger partial charge in [0, 0.05) is 24.0 Å². The molecule has 4 aromatic rings. The number of pyridine rings is 1. The van der Waals surface area contributed by atoms with Gasteiger partial charge in [-0.2, -0.15) is 8.97 Å². The quantitative estimate of drug-likeness (QED) is 0.581. The van der Waals surface area contributed by atoms with E-state index in [1.54, 1.807) is 35.3 Å². The van der Waals surface area contributed by atoms with Gasteiger partial charge in [-0.25, -0.2) is 14.8 Å². The van der Waals surface area contributed by atoms with E-state index in [9.17, 15) is 9.90 Å². The van der Waals surface area contributed by atoms with E-state index in [2.05, 4.69) is 9.97 Å². The largest absolute Gasteiger partial charge is 0.477 e. The molecule has 0 saturated heterocycles. The van der Waals surface area contributed by atoms with Crippen LogP contribution in [0, 0.1) is 0 Å². The molecule has 1 N–H and O–H groups in total. The first kappa shape index (κ1) is 15.0. The highest BCUT2D eigenvalue weighted by Crippen LogP contribution is 2.26. The van der Waals surface area contributed by atoms with Crippen LogP contribution in [0.5, 0.6) is 5.88 Å². The van der Waals surface area contributed by atoms with E-state index in [0.29, 0.717) is 17.8 Å². The van der Waals surface area contributed by atoms with Crippen molar-refractivity contribution in [1.82, 2.24) is 14.5 Å². The number of rotatable bonds is 3. The van der Waals surface area contributed by atoms with Crippen molar-refractivity contribution in [3.05, 3.63) is 89.4 Å². The van der Waals surface area contributed by atoms with E-state index in [1.165, 1.54) is 10.7 Å². The van der Waals surface area contributed by atoms with Gasteiger partial charge >= 0.3 is 5.56 Å². The molecule has 0 amide bonds. The SMILES string of the molecule is O=c1c(-c2ccccc2)c(O)n(Cc2cncnc2)c2cccc[n+]12. The van der Waals surface area contributed by atoms with Gasteiger partial charge in [0.1, 0.15) is 12.9 Å². The number of benzene rings is 1. The summed E-state index contributed by atoms with van der Waals surface area (Å²) in [6, 6.07) is 14.6. The molecular weight excluding hydrogens is 316 g/mol. The lowest BCUT2D eigenvalue weighted by Crippen LogP contribution is -2.43. The highest BCUT2D eigenvalue weighted by Gasteiger charge is 2.24. The summed E-state index contributed by atoms with van der Waals surface area (Å²) in [5.74, 6) is -0.0775. The third-order valence-corrected chi connectivity index (χ3v) is 4.04. The molecule has 0 saturated carbocycles. The van der Waals surface area contributed by atoms with Gasteiger partial charge in [0.15, 0.2) is 5.56 Å². The van der Waals surface area contributed by atoms with Crippen molar-refractivity contribution in [2.45, 2.75) is 6.54 Å². The van der Waals surface area contributed by atoms with Gasteiger partial charge < -0.3 is 5.11 Å². The van der Waals surface area contributed by atoms with Crippen LogP contribution >= 0.6 is 0 Å². The second kappa shape index (κ2) is 6.16. The van der Waals surface area contributed by atoms with Gasteiger partial charge in [0.05, 0.1) is 6.20 Å². The first-order chi connectivity index (χ1) is 12.3. The molecule has 25 heavy (non-hydrogen) atoms. The van der Waals surface area contributed by atoms with Gasteiger partial charge in [-0.05, 0) is 11.6 Å². The van der Waals surface area contributed by atoms with Crippen LogP contribution < -0.4 is 9.96 Å². The molecule has 0 unspecified atom stereocenters. The van der Waals surface area contributed by atoms with Crippen molar-refractivity contribution in [2.24, 2.45) is 0 Å². The predicted molar refractivity (Wildman–Crippen MR) is 92.1 cm³/mol. The van der Waals surface area contributed by atoms with Crippen molar-refractivity contribution in [3.8, 4) is 17.0 Å². The molecule has 6 heteroatoms. The summed E-state index contributed by atoms with van der Waals surface area (Å²) < 4.78 is 3.22. The zero-order valence-electron chi connectivity index (χ0n) is 13.3. The zero-order valence-corrected chi connectivity index (χ0v) is 13.3. The van der Waals surface area contributed by atoms with Crippen LogP contribution in [0.2, 0.25) is 0 Å². The first-order valence-electron chi connectivity index (χ1n) is 7.81. The first-order valence-corrected chi connectivity index (χ1v) is 7.81. The Bertz CT molecular complexity index is 1090. The van der Waals surface area contributed by atoms with Crippen molar-refractivity contribution in [2.75, 3.05) is 0 Å². The number of aromatic hydroxyl groups is 1. The number of hydrogen-bond acceptors (Lipinski definition) is 4. The second-order valence-corrected chi connectivity index (χ2v) is 5.63. The molecule has 122 valence electrons. The molecule has 3 aromatic heterocycles. The molecule has 0 fully saturated rings. The summed E-state index contributed by atoms with van der Waals surface area (Å²) in [4.78, 5) is 20.9. The molecule has 0 atom stereocenters. The molecule has 0 spiro atoms. The molecular formula is C19H15N4O2+. The maximum Gasteiger partial charge on any atom is 0.354 e. The van der Waals surface area contributed by atoms with Gasteiger partial charge in [-0.1, -0.05) is 36.4 Å². The Morgan fingerprint density at radius 1 is 1.00 bits per heavy atom. The second-order valence-electron chi connectivity index (χ2n) is 5.63. The fourth-order valence-electron chi connectivity index (χ4n) is 2.89. The van der Waals surface area contributed by atoms with Gasteiger partial charge in [0.25, 0.3) is 11.5 Å². The van der Waals surface area contributed by atoms with E-state index in [-0.39, 0.29) is 17.0 Å². The lowest BCUT2D eigenvalue weighted by atomic mass is 10.1. The van der Waals surface area contributed by atoms with Crippen LogP contribution in [0.25, 0.3) is 16.8 Å². The molecule has 0 aliphatic carbocycles. The normalized spacial score (nSPS) is 10.9. The summed E-state index contributed by atoms with van der Waals surface area (Å²) >= 11 is 0. The standard InChI is InChI=1S/C19H14N4O2/c24-18-17(15-6-2-1-3-7-15)19(25)23(12-14-10-20-13-21-11-14)16-8-4-5-9-22(16)18/h1-11,13H,12H2/p+1. The van der Waals surface area contributed by atoms with E-state index in [0.717, 1.165) is 5.56 Å². The van der Waals surface area contributed by atoms with Crippen LogP contribution in [0.3, 0.4) is 0 Å². The Morgan fingerprint density at radius 2 is 1.72 bits per heavy atom. The van der Waals surface area contributed by atoms with E-state index >= 15 is 0 Å². The van der Waals surface area contributed by atoms with E-state index in [1.807, 2.05) is 36.4 Å². The van der Waals surface area contributed by atoms with Crippen LogP contribution in [-0.4, -0.2) is 19.6 Å². The Kier molecular flexibility index (Phi) is 3.70. The summed E-state index contributed by atoms with van der Waals surface area (Å²) in [5.41, 5.74) is 2.09. The van der Waals surface area contributed by atoms with Crippen molar-refractivity contribution in [3.63, 3.8) is 0 Å². The Morgan fingerprint density at radius 3 is 2.48 bits per heavy atom. The van der Waals surface area contributed by atoms with E-state index < -0.39 is 0 Å². The highest BCUT2D eigenvalue weighted by molar-refractivity contribution is 5.67. The number of hydrogen-bond donors (Lipinski definition) is 1. The summed E-state index contributed by atoms with van der Waals surface area (Å²) in [5, 5.41) is 10.9. The predicted octanol–water partition coefficient (Wildman–Crippen LogP) is 1.80. The van der Waals surface area contributed by atoms with Crippen LogP contribution in [-0.2, 0) is 6.54 Å². The fraction of sp³-hybridized carbons (Fsp3) is 0.0526. The number of aromatic nitrogens is 4. The van der Waals surface area contributed by atoms with Crippen molar-refractivity contribution >= 4 is 5.65 Å². The maximum atomic E-state index is 12.9. The van der Waals surface area contributed by atoms with Gasteiger partial charge in [-0.15, -0.1) is 0 Å². The summed E-state index contributed by atoms with van der Waals surface area (Å²) in [7, 11) is 0. The Balaban J connectivity index is 2.03. The molecule has 0 bridgehead atoms. The maximum absolute atomic E-state index is 12.9. The zero-order chi connectivity index (χ0) is 17.2. The Hall–Kier alpha value is -3.54. The third kappa shape index (κ3) is 2.63. The smallest absolute Gasteiger partial charge is 0.354 e. The number of nitrogens with zero attached hydrogens (tertiary/aromatic N) is 4. The fourth-order valence-corrected chi connectivity index (χ4v) is 2.89. The lowest BCUT2D eigenvalue weighted by molar-refractivity contribution is -0.532. The minimum Gasteiger partial charge on any atom is -0.477 e. The van der Waals surface area contributed by atoms with Crippen molar-refractivity contribution < 1.29 is 9.51 Å². The average Bonchev–Trinajstić information content (AvgIpc) is 2.67. The molecule has 4 rings (SSSR count). The Labute approximate surface area is 143 Å². The summed E-state index contributed by atoms with van der Waals surface area (Å²) in [6.45, 7) is 0.348. The molecule has 1 aromatic carbocycles. The van der Waals surface area contributed by atoms with Crippen LogP contribution in [0.4, 0.5) is 0 Å². The minimum absolute atomic E-state index is 0.0775. The minimum atomic E-state index is -0.264. The van der Waals surface area contributed by atoms with Gasteiger partial charge in [0.2, 0.25) is 0 Å². The molecule has 6 nitrogen and oxygen atoms in total. The third-order valence-electron chi connectivity index (χ3n) is 4.04. The van der Waals surface area contributed by atoms with Crippen LogP contribution in [0.1, 0.15) is 5.56 Å². The topological polar surface area (TPSA) is 72.1 Å². The highest BCUT2D eigenvalue weighted by atomic mass is 16.3. The van der Waals surface area contributed by atoms with Gasteiger partial charge in [-0.3, -0.25) is 0 Å². The molecule has 0 radical (unpaired) electrons. The molecule has 3 heterocycles. The molecule has 0 aliphatic heterocycles. The monoisotopic (exact) mass is 331 g/mol. The number of fused-ring (bicyclic) bond motifs is 1. The lowest BCUT2D eigenvalue weighted by Gasteiger charge is -2.09. The average molecular weight is 331 g/mol. The molecule has 0 aliphatic rings. The van der Waals surface area contributed by atoms with Crippen molar-refractivity contribution in [1.29, 1.82) is 0 Å².